The molecule has 6 nitrogen and oxygen atoms in total. The van der Waals surface area contributed by atoms with Crippen LogP contribution in [-0.2, 0) is 14.2 Å². The Morgan fingerprint density at radius 2 is 1.46 bits per heavy atom. The number of aliphatic hydroxyl groups excluding tert-OH is 3. The van der Waals surface area contributed by atoms with Crippen molar-refractivity contribution in [3.8, 4) is 0 Å². The molecule has 4 atom stereocenters. The summed E-state index contributed by atoms with van der Waals surface area (Å²) in [6, 6.07) is 0. The van der Waals surface area contributed by atoms with Crippen LogP contribution in [0.5, 0.6) is 0 Å². The van der Waals surface area contributed by atoms with Gasteiger partial charge < -0.3 is 29.5 Å². The number of rotatable bonds is 17. The van der Waals surface area contributed by atoms with E-state index < -0.39 is 25.1 Å². The number of ether oxygens (including phenoxy) is 3. The van der Waals surface area contributed by atoms with E-state index in [1.54, 1.807) is 0 Å². The lowest BCUT2D eigenvalue weighted by Crippen LogP contribution is -2.42. The Kier molecular flexibility index (Phi) is 16.1. The van der Waals surface area contributed by atoms with Crippen molar-refractivity contribution in [1.82, 2.24) is 0 Å². The predicted octanol–water partition coefficient (Wildman–Crippen LogP) is 2.24. The fourth-order valence-electron chi connectivity index (χ4n) is 2.48. The zero-order valence-electron chi connectivity index (χ0n) is 15.7. The van der Waals surface area contributed by atoms with Gasteiger partial charge in [0.25, 0.3) is 0 Å². The summed E-state index contributed by atoms with van der Waals surface area (Å²) in [4.78, 5) is 0. The summed E-state index contributed by atoms with van der Waals surface area (Å²) in [6.07, 6.45) is 6.85. The molecule has 0 aromatic rings. The summed E-state index contributed by atoms with van der Waals surface area (Å²) in [7, 11) is 1.38. The maximum absolute atomic E-state index is 9.57. The molecule has 0 saturated heterocycles. The van der Waals surface area contributed by atoms with E-state index in [9.17, 15) is 10.2 Å². The average Bonchev–Trinajstić information content (AvgIpc) is 2.60. The smallest absolute Gasteiger partial charge is 0.185 e. The number of hydrogen-bond donors (Lipinski definition) is 3. The van der Waals surface area contributed by atoms with Crippen LogP contribution in [0, 0.1) is 0 Å². The van der Waals surface area contributed by atoms with Crippen LogP contribution in [0.1, 0.15) is 65.2 Å². The molecule has 3 N–H and O–H groups in total. The molecule has 0 saturated carbocycles. The Morgan fingerprint density at radius 3 is 1.96 bits per heavy atom. The Bertz CT molecular complexity index is 264. The molecule has 0 aliphatic heterocycles. The van der Waals surface area contributed by atoms with Crippen LogP contribution in [0.4, 0.5) is 0 Å². The monoisotopic (exact) mass is 350 g/mol. The third kappa shape index (κ3) is 11.3. The fourth-order valence-corrected chi connectivity index (χ4v) is 2.48. The first-order valence-electron chi connectivity index (χ1n) is 9.30. The maximum Gasteiger partial charge on any atom is 0.185 e. The molecule has 0 fully saturated rings. The van der Waals surface area contributed by atoms with Crippen molar-refractivity contribution >= 4 is 0 Å². The van der Waals surface area contributed by atoms with E-state index in [1.165, 1.54) is 45.6 Å². The summed E-state index contributed by atoms with van der Waals surface area (Å²) in [5, 5.41) is 28.0. The molecule has 0 heterocycles. The van der Waals surface area contributed by atoms with Crippen molar-refractivity contribution in [2.24, 2.45) is 0 Å². The summed E-state index contributed by atoms with van der Waals surface area (Å²) in [6.45, 7) is 3.96. The highest BCUT2D eigenvalue weighted by Gasteiger charge is 2.26. The van der Waals surface area contributed by atoms with Gasteiger partial charge >= 0.3 is 0 Å². The van der Waals surface area contributed by atoms with Crippen molar-refractivity contribution in [2.45, 2.75) is 89.8 Å². The van der Waals surface area contributed by atoms with Crippen molar-refractivity contribution in [3.05, 3.63) is 0 Å². The average molecular weight is 350 g/mol. The largest absolute Gasteiger partial charge is 0.394 e. The molecule has 6 heteroatoms. The van der Waals surface area contributed by atoms with E-state index in [0.717, 1.165) is 12.8 Å². The molecule has 0 radical (unpaired) electrons. The van der Waals surface area contributed by atoms with Gasteiger partial charge in [0.2, 0.25) is 0 Å². The van der Waals surface area contributed by atoms with Crippen molar-refractivity contribution < 1.29 is 29.5 Å². The standard InChI is InChI=1S/C18H38O6/c1-4-5-6-7-8-9-10-11-12-23-15(2)17(14-20)24-18(22-3)16(21)13-19/h15-21H,4-14H2,1-3H3/t15-,16+,17?,18-/m0/s1. The molecule has 0 aliphatic carbocycles. The lowest BCUT2D eigenvalue weighted by atomic mass is 10.1. The predicted molar refractivity (Wildman–Crippen MR) is 93.9 cm³/mol. The van der Waals surface area contributed by atoms with Crippen LogP contribution in [0.25, 0.3) is 0 Å². The molecule has 146 valence electrons. The van der Waals surface area contributed by atoms with Gasteiger partial charge in [-0.1, -0.05) is 51.9 Å². The van der Waals surface area contributed by atoms with E-state index in [4.69, 9.17) is 19.3 Å². The number of unbranched alkanes of at least 4 members (excludes halogenated alkanes) is 7. The van der Waals surface area contributed by atoms with Gasteiger partial charge in [-0.15, -0.1) is 0 Å². The van der Waals surface area contributed by atoms with Gasteiger partial charge in [-0.05, 0) is 13.3 Å². The first-order valence-corrected chi connectivity index (χ1v) is 9.30. The van der Waals surface area contributed by atoms with Crippen LogP contribution in [0.2, 0.25) is 0 Å². The highest BCUT2D eigenvalue weighted by molar-refractivity contribution is 4.69. The summed E-state index contributed by atoms with van der Waals surface area (Å²) in [5.74, 6) is 0. The van der Waals surface area contributed by atoms with Gasteiger partial charge in [-0.3, -0.25) is 0 Å². The molecule has 0 rings (SSSR count). The Morgan fingerprint density at radius 1 is 0.875 bits per heavy atom. The molecule has 0 amide bonds. The second-order valence-corrected chi connectivity index (χ2v) is 6.26. The number of methoxy groups -OCH3 is 1. The Balaban J connectivity index is 3.84. The lowest BCUT2D eigenvalue weighted by molar-refractivity contribution is -0.234. The highest BCUT2D eigenvalue weighted by atomic mass is 16.7. The van der Waals surface area contributed by atoms with Gasteiger partial charge in [0, 0.05) is 13.7 Å². The van der Waals surface area contributed by atoms with Gasteiger partial charge in [0.05, 0.1) is 19.3 Å². The van der Waals surface area contributed by atoms with Crippen LogP contribution in [-0.4, -0.2) is 66.9 Å². The van der Waals surface area contributed by atoms with Crippen LogP contribution in [0.15, 0.2) is 0 Å². The molecule has 0 bridgehead atoms. The first kappa shape index (κ1) is 23.8. The Labute approximate surface area is 147 Å². The summed E-state index contributed by atoms with van der Waals surface area (Å²) >= 11 is 0. The van der Waals surface area contributed by atoms with Crippen molar-refractivity contribution in [3.63, 3.8) is 0 Å². The van der Waals surface area contributed by atoms with E-state index >= 15 is 0 Å². The SMILES string of the molecule is CCCCCCCCCCO[C@@H](C)C(CO)O[C@H](OC)[C@H](O)CO. The van der Waals surface area contributed by atoms with Crippen LogP contribution < -0.4 is 0 Å². The molecule has 0 spiro atoms. The summed E-state index contributed by atoms with van der Waals surface area (Å²) in [5.41, 5.74) is 0. The number of hydrogen-bond acceptors (Lipinski definition) is 6. The minimum Gasteiger partial charge on any atom is -0.394 e. The fraction of sp³-hybridized carbons (Fsp3) is 1.00. The second-order valence-electron chi connectivity index (χ2n) is 6.26. The summed E-state index contributed by atoms with van der Waals surface area (Å²) < 4.78 is 16.2. The van der Waals surface area contributed by atoms with E-state index in [0.29, 0.717) is 6.61 Å². The van der Waals surface area contributed by atoms with E-state index in [1.807, 2.05) is 6.92 Å². The second kappa shape index (κ2) is 16.2. The van der Waals surface area contributed by atoms with Gasteiger partial charge in [0.15, 0.2) is 6.29 Å². The first-order chi connectivity index (χ1) is 11.6. The third-order valence-corrected chi connectivity index (χ3v) is 4.12. The van der Waals surface area contributed by atoms with Gasteiger partial charge in [0.1, 0.15) is 12.2 Å². The van der Waals surface area contributed by atoms with Gasteiger partial charge in [-0.2, -0.15) is 0 Å². The van der Waals surface area contributed by atoms with E-state index in [-0.39, 0.29) is 12.7 Å². The van der Waals surface area contributed by atoms with E-state index in [2.05, 4.69) is 6.92 Å². The normalized spacial score (nSPS) is 16.8. The molecule has 0 aromatic heterocycles. The van der Waals surface area contributed by atoms with Gasteiger partial charge in [-0.25, -0.2) is 0 Å². The Hall–Kier alpha value is -0.240. The third-order valence-electron chi connectivity index (χ3n) is 4.12. The lowest BCUT2D eigenvalue weighted by Gasteiger charge is -2.29. The molecular weight excluding hydrogens is 312 g/mol. The molecule has 0 aromatic carbocycles. The molecule has 0 aliphatic rings. The minimum atomic E-state index is -1.15. The van der Waals surface area contributed by atoms with Crippen molar-refractivity contribution in [1.29, 1.82) is 0 Å². The zero-order chi connectivity index (χ0) is 18.2. The topological polar surface area (TPSA) is 88.4 Å². The van der Waals surface area contributed by atoms with Crippen LogP contribution >= 0.6 is 0 Å². The highest BCUT2D eigenvalue weighted by Crippen LogP contribution is 2.12. The number of aliphatic hydroxyl groups is 3. The zero-order valence-corrected chi connectivity index (χ0v) is 15.7. The maximum atomic E-state index is 9.57. The molecule has 24 heavy (non-hydrogen) atoms. The minimum absolute atomic E-state index is 0.239. The van der Waals surface area contributed by atoms with Crippen molar-refractivity contribution in [2.75, 3.05) is 26.9 Å². The quantitative estimate of drug-likeness (QED) is 0.275. The molecule has 1 unspecified atom stereocenters. The molecular formula is C18H38O6. The van der Waals surface area contributed by atoms with Crippen LogP contribution in [0.3, 0.4) is 0 Å².